The Morgan fingerprint density at radius 2 is 2.16 bits per heavy atom. The number of amides is 1. The van der Waals surface area contributed by atoms with Gasteiger partial charge in [0.15, 0.2) is 0 Å². The number of hydrogen-bond donors (Lipinski definition) is 2. The Balaban J connectivity index is 2.22. The molecule has 0 bridgehead atoms. The SMILES string of the molecule is COc1cccc(NCC(=O)NCCCN(C)C)c1. The first-order valence-electron chi connectivity index (χ1n) is 6.41. The molecular weight excluding hydrogens is 242 g/mol. The van der Waals surface area contributed by atoms with E-state index in [-0.39, 0.29) is 12.5 Å². The zero-order chi connectivity index (χ0) is 14.1. The lowest BCUT2D eigenvalue weighted by Crippen LogP contribution is -2.31. The number of anilines is 1. The number of ether oxygens (including phenoxy) is 1. The van der Waals surface area contributed by atoms with Crippen LogP contribution in [0.5, 0.6) is 5.75 Å². The van der Waals surface area contributed by atoms with E-state index < -0.39 is 0 Å². The number of rotatable bonds is 8. The molecule has 2 N–H and O–H groups in total. The topological polar surface area (TPSA) is 53.6 Å². The lowest BCUT2D eigenvalue weighted by molar-refractivity contribution is -0.119. The first kappa shape index (κ1) is 15.3. The summed E-state index contributed by atoms with van der Waals surface area (Å²) in [6.45, 7) is 1.95. The zero-order valence-electron chi connectivity index (χ0n) is 11.9. The van der Waals surface area contributed by atoms with Crippen LogP contribution in [-0.4, -0.2) is 51.6 Å². The van der Waals surface area contributed by atoms with Crippen molar-refractivity contribution in [3.63, 3.8) is 0 Å². The maximum absolute atomic E-state index is 11.6. The fraction of sp³-hybridized carbons (Fsp3) is 0.500. The molecule has 1 rings (SSSR count). The minimum Gasteiger partial charge on any atom is -0.497 e. The molecule has 0 aliphatic rings. The third-order valence-electron chi connectivity index (χ3n) is 2.63. The predicted molar refractivity (Wildman–Crippen MR) is 77.7 cm³/mol. The lowest BCUT2D eigenvalue weighted by atomic mass is 10.3. The molecule has 0 aliphatic heterocycles. The average molecular weight is 265 g/mol. The van der Waals surface area contributed by atoms with Crippen LogP contribution in [0.2, 0.25) is 0 Å². The number of nitrogens with zero attached hydrogens (tertiary/aromatic N) is 1. The van der Waals surface area contributed by atoms with Crippen molar-refractivity contribution in [2.45, 2.75) is 6.42 Å². The first-order valence-corrected chi connectivity index (χ1v) is 6.41. The van der Waals surface area contributed by atoms with Crippen LogP contribution in [0.15, 0.2) is 24.3 Å². The number of hydrogen-bond acceptors (Lipinski definition) is 4. The molecule has 0 saturated heterocycles. The maximum Gasteiger partial charge on any atom is 0.239 e. The monoisotopic (exact) mass is 265 g/mol. The van der Waals surface area contributed by atoms with Gasteiger partial charge in [-0.2, -0.15) is 0 Å². The number of carbonyl (C=O) groups excluding carboxylic acids is 1. The third kappa shape index (κ3) is 6.67. The minimum absolute atomic E-state index is 0.00146. The van der Waals surface area contributed by atoms with Crippen molar-refractivity contribution >= 4 is 11.6 Å². The highest BCUT2D eigenvalue weighted by molar-refractivity contribution is 5.80. The number of methoxy groups -OCH3 is 1. The van der Waals surface area contributed by atoms with Crippen molar-refractivity contribution in [2.75, 3.05) is 46.2 Å². The Bertz CT molecular complexity index is 394. The number of nitrogens with one attached hydrogen (secondary N) is 2. The van der Waals surface area contributed by atoms with Crippen molar-refractivity contribution in [3.05, 3.63) is 24.3 Å². The van der Waals surface area contributed by atoms with E-state index in [1.165, 1.54) is 0 Å². The van der Waals surface area contributed by atoms with Crippen LogP contribution < -0.4 is 15.4 Å². The van der Waals surface area contributed by atoms with Gasteiger partial charge >= 0.3 is 0 Å². The molecule has 0 unspecified atom stereocenters. The minimum atomic E-state index is 0.00146. The summed E-state index contributed by atoms with van der Waals surface area (Å²) >= 11 is 0. The van der Waals surface area contributed by atoms with Crippen LogP contribution in [-0.2, 0) is 4.79 Å². The van der Waals surface area contributed by atoms with Crippen LogP contribution in [0, 0.1) is 0 Å². The maximum atomic E-state index is 11.6. The van der Waals surface area contributed by atoms with Gasteiger partial charge in [0.1, 0.15) is 5.75 Å². The van der Waals surface area contributed by atoms with Gasteiger partial charge in [0, 0.05) is 18.3 Å². The highest BCUT2D eigenvalue weighted by atomic mass is 16.5. The van der Waals surface area contributed by atoms with Gasteiger partial charge in [-0.05, 0) is 39.2 Å². The molecule has 0 atom stereocenters. The van der Waals surface area contributed by atoms with E-state index in [4.69, 9.17) is 4.74 Å². The van der Waals surface area contributed by atoms with Crippen LogP contribution >= 0.6 is 0 Å². The van der Waals surface area contributed by atoms with E-state index in [0.29, 0.717) is 6.54 Å². The molecule has 1 aromatic carbocycles. The van der Waals surface area contributed by atoms with E-state index in [1.807, 2.05) is 38.4 Å². The van der Waals surface area contributed by atoms with E-state index in [0.717, 1.165) is 24.4 Å². The Labute approximate surface area is 114 Å². The molecule has 0 saturated carbocycles. The number of carbonyl (C=O) groups is 1. The van der Waals surface area contributed by atoms with E-state index in [1.54, 1.807) is 7.11 Å². The van der Waals surface area contributed by atoms with Crippen LogP contribution in [0.3, 0.4) is 0 Å². The molecule has 5 nitrogen and oxygen atoms in total. The van der Waals surface area contributed by atoms with Crippen LogP contribution in [0.25, 0.3) is 0 Å². The van der Waals surface area contributed by atoms with Crippen molar-refractivity contribution < 1.29 is 9.53 Å². The predicted octanol–water partition coefficient (Wildman–Crippen LogP) is 1.17. The fourth-order valence-electron chi connectivity index (χ4n) is 1.60. The summed E-state index contributed by atoms with van der Waals surface area (Å²) in [6.07, 6.45) is 0.956. The number of benzene rings is 1. The zero-order valence-corrected chi connectivity index (χ0v) is 11.9. The Morgan fingerprint density at radius 1 is 1.37 bits per heavy atom. The fourth-order valence-corrected chi connectivity index (χ4v) is 1.60. The standard InChI is InChI=1S/C14H23N3O2/c1-17(2)9-5-8-15-14(18)11-16-12-6-4-7-13(10-12)19-3/h4,6-7,10,16H,5,8-9,11H2,1-3H3,(H,15,18). The van der Waals surface area contributed by atoms with Crippen molar-refractivity contribution in [2.24, 2.45) is 0 Å². The largest absolute Gasteiger partial charge is 0.497 e. The first-order chi connectivity index (χ1) is 9.11. The Morgan fingerprint density at radius 3 is 2.84 bits per heavy atom. The molecule has 1 amide bonds. The Hall–Kier alpha value is -1.75. The van der Waals surface area contributed by atoms with Crippen LogP contribution in [0.4, 0.5) is 5.69 Å². The van der Waals surface area contributed by atoms with Crippen molar-refractivity contribution in [1.82, 2.24) is 10.2 Å². The molecule has 0 spiro atoms. The second kappa shape index (κ2) is 8.37. The van der Waals surface area contributed by atoms with Gasteiger partial charge in [0.2, 0.25) is 5.91 Å². The lowest BCUT2D eigenvalue weighted by Gasteiger charge is -2.11. The highest BCUT2D eigenvalue weighted by Crippen LogP contribution is 2.16. The molecule has 0 aromatic heterocycles. The molecule has 0 fully saturated rings. The third-order valence-corrected chi connectivity index (χ3v) is 2.63. The van der Waals surface area contributed by atoms with E-state index in [2.05, 4.69) is 15.5 Å². The van der Waals surface area contributed by atoms with Gasteiger partial charge in [-0.15, -0.1) is 0 Å². The summed E-state index contributed by atoms with van der Waals surface area (Å²) < 4.78 is 5.12. The molecule has 106 valence electrons. The van der Waals surface area contributed by atoms with Gasteiger partial charge < -0.3 is 20.3 Å². The average Bonchev–Trinajstić information content (AvgIpc) is 2.41. The van der Waals surface area contributed by atoms with Gasteiger partial charge in [0.25, 0.3) is 0 Å². The summed E-state index contributed by atoms with van der Waals surface area (Å²) in [5.41, 5.74) is 0.878. The van der Waals surface area contributed by atoms with Gasteiger partial charge in [0.05, 0.1) is 13.7 Å². The molecular formula is C14H23N3O2. The van der Waals surface area contributed by atoms with Crippen molar-refractivity contribution in [1.29, 1.82) is 0 Å². The van der Waals surface area contributed by atoms with Gasteiger partial charge in [-0.3, -0.25) is 4.79 Å². The second-order valence-corrected chi connectivity index (χ2v) is 4.59. The summed E-state index contributed by atoms with van der Waals surface area (Å²) in [5, 5.41) is 5.94. The summed E-state index contributed by atoms with van der Waals surface area (Å²) in [4.78, 5) is 13.7. The quantitative estimate of drug-likeness (QED) is 0.693. The molecule has 0 heterocycles. The molecule has 0 aliphatic carbocycles. The molecule has 19 heavy (non-hydrogen) atoms. The van der Waals surface area contributed by atoms with Crippen molar-refractivity contribution in [3.8, 4) is 5.75 Å². The van der Waals surface area contributed by atoms with E-state index in [9.17, 15) is 4.79 Å². The molecule has 0 radical (unpaired) electrons. The highest BCUT2D eigenvalue weighted by Gasteiger charge is 2.01. The normalized spacial score (nSPS) is 10.3. The molecule has 1 aromatic rings. The second-order valence-electron chi connectivity index (χ2n) is 4.59. The summed E-state index contributed by atoms with van der Waals surface area (Å²) in [5.74, 6) is 0.776. The smallest absolute Gasteiger partial charge is 0.239 e. The summed E-state index contributed by atoms with van der Waals surface area (Å²) in [6, 6.07) is 7.52. The summed E-state index contributed by atoms with van der Waals surface area (Å²) in [7, 11) is 5.66. The van der Waals surface area contributed by atoms with Gasteiger partial charge in [-0.1, -0.05) is 6.07 Å². The van der Waals surface area contributed by atoms with Gasteiger partial charge in [-0.25, -0.2) is 0 Å². The van der Waals surface area contributed by atoms with Crippen LogP contribution in [0.1, 0.15) is 6.42 Å². The Kier molecular flexibility index (Phi) is 6.74. The van der Waals surface area contributed by atoms with E-state index >= 15 is 0 Å². The molecule has 5 heteroatoms.